The van der Waals surface area contributed by atoms with Gasteiger partial charge in [-0.1, -0.05) is 12.1 Å². The molecule has 0 radical (unpaired) electrons. The molecule has 0 saturated heterocycles. The van der Waals surface area contributed by atoms with E-state index < -0.39 is 0 Å². The van der Waals surface area contributed by atoms with Crippen molar-refractivity contribution in [2.75, 3.05) is 0 Å². The summed E-state index contributed by atoms with van der Waals surface area (Å²) in [6.45, 7) is 6.75. The molecule has 0 amide bonds. The van der Waals surface area contributed by atoms with E-state index in [1.807, 2.05) is 19.9 Å². The molecular weight excluding hydrogens is 188 g/mol. The first-order valence-electron chi connectivity index (χ1n) is 5.25. The lowest BCUT2D eigenvalue weighted by Gasteiger charge is -2.05. The predicted molar refractivity (Wildman–Crippen MR) is 60.9 cm³/mol. The molecule has 0 atom stereocenters. The van der Waals surface area contributed by atoms with E-state index in [2.05, 4.69) is 19.1 Å². The minimum absolute atomic E-state index is 0.250. The minimum Gasteiger partial charge on any atom is -0.464 e. The molecular formula is C13H16O2. The number of hydrogen-bond donors (Lipinski definition) is 0. The highest BCUT2D eigenvalue weighted by Gasteiger charge is 2.06. The van der Waals surface area contributed by atoms with Crippen molar-refractivity contribution >= 4 is 11.0 Å². The Balaban J connectivity index is 2.29. The van der Waals surface area contributed by atoms with Gasteiger partial charge < -0.3 is 9.15 Å². The first-order valence-corrected chi connectivity index (χ1v) is 5.25. The quantitative estimate of drug-likeness (QED) is 0.761. The third-order valence-corrected chi connectivity index (χ3v) is 2.38. The van der Waals surface area contributed by atoms with Crippen LogP contribution in [-0.4, -0.2) is 6.10 Å². The van der Waals surface area contributed by atoms with E-state index in [4.69, 9.17) is 9.15 Å². The van der Waals surface area contributed by atoms with Crippen LogP contribution in [-0.2, 0) is 11.3 Å². The Kier molecular flexibility index (Phi) is 2.78. The standard InChI is InChI=1S/C13H16O2/c1-9(2)14-7-11-8-15-13-6-10(3)4-5-12(11)13/h4-6,8-9H,7H2,1-3H3. The summed E-state index contributed by atoms with van der Waals surface area (Å²) in [5.41, 5.74) is 3.28. The van der Waals surface area contributed by atoms with Gasteiger partial charge in [0.2, 0.25) is 0 Å². The van der Waals surface area contributed by atoms with Crippen molar-refractivity contribution in [1.29, 1.82) is 0 Å². The van der Waals surface area contributed by atoms with Gasteiger partial charge in [-0.15, -0.1) is 0 Å². The van der Waals surface area contributed by atoms with Crippen molar-refractivity contribution in [2.24, 2.45) is 0 Å². The van der Waals surface area contributed by atoms with Gasteiger partial charge in [0.15, 0.2) is 0 Å². The van der Waals surface area contributed by atoms with Crippen molar-refractivity contribution in [3.63, 3.8) is 0 Å². The van der Waals surface area contributed by atoms with Gasteiger partial charge in [0.25, 0.3) is 0 Å². The molecule has 2 nitrogen and oxygen atoms in total. The summed E-state index contributed by atoms with van der Waals surface area (Å²) in [5, 5.41) is 1.15. The zero-order valence-electron chi connectivity index (χ0n) is 9.41. The predicted octanol–water partition coefficient (Wildman–Crippen LogP) is 3.67. The lowest BCUT2D eigenvalue weighted by Crippen LogP contribution is -2.01. The molecule has 0 saturated carbocycles. The highest BCUT2D eigenvalue weighted by atomic mass is 16.5. The molecule has 1 aromatic carbocycles. The molecule has 0 fully saturated rings. The second kappa shape index (κ2) is 4.07. The maximum atomic E-state index is 5.56. The number of hydrogen-bond acceptors (Lipinski definition) is 2. The maximum absolute atomic E-state index is 5.56. The average Bonchev–Trinajstić information content (AvgIpc) is 2.57. The molecule has 0 aliphatic rings. The van der Waals surface area contributed by atoms with Crippen LogP contribution in [0.2, 0.25) is 0 Å². The van der Waals surface area contributed by atoms with Crippen LogP contribution in [0.4, 0.5) is 0 Å². The Labute approximate surface area is 89.8 Å². The molecule has 2 rings (SSSR count). The summed E-state index contributed by atoms with van der Waals surface area (Å²) in [4.78, 5) is 0. The Morgan fingerprint density at radius 1 is 1.33 bits per heavy atom. The van der Waals surface area contributed by atoms with Gasteiger partial charge in [-0.05, 0) is 32.4 Å². The number of rotatable bonds is 3. The number of ether oxygens (including phenoxy) is 1. The fraction of sp³-hybridized carbons (Fsp3) is 0.385. The zero-order valence-corrected chi connectivity index (χ0v) is 9.41. The van der Waals surface area contributed by atoms with Gasteiger partial charge in [-0.3, -0.25) is 0 Å². The van der Waals surface area contributed by atoms with Crippen LogP contribution in [0.1, 0.15) is 25.0 Å². The lowest BCUT2D eigenvalue weighted by molar-refractivity contribution is 0.0660. The van der Waals surface area contributed by atoms with Gasteiger partial charge in [-0.25, -0.2) is 0 Å². The second-order valence-electron chi connectivity index (χ2n) is 4.12. The first kappa shape index (κ1) is 10.2. The molecule has 1 aromatic heterocycles. The Hall–Kier alpha value is -1.28. The van der Waals surface area contributed by atoms with E-state index in [1.165, 1.54) is 5.56 Å². The molecule has 0 unspecified atom stereocenters. The van der Waals surface area contributed by atoms with Crippen molar-refractivity contribution in [3.8, 4) is 0 Å². The summed E-state index contributed by atoms with van der Waals surface area (Å²) in [6, 6.07) is 6.23. The number of fused-ring (bicyclic) bond motifs is 1. The normalized spacial score (nSPS) is 11.5. The smallest absolute Gasteiger partial charge is 0.134 e. The van der Waals surface area contributed by atoms with Crippen LogP contribution >= 0.6 is 0 Å². The molecule has 0 aliphatic carbocycles. The maximum Gasteiger partial charge on any atom is 0.134 e. The number of furan rings is 1. The summed E-state index contributed by atoms with van der Waals surface area (Å²) >= 11 is 0. The Morgan fingerprint density at radius 3 is 2.87 bits per heavy atom. The fourth-order valence-corrected chi connectivity index (χ4v) is 1.56. The monoisotopic (exact) mass is 204 g/mol. The van der Waals surface area contributed by atoms with E-state index in [9.17, 15) is 0 Å². The van der Waals surface area contributed by atoms with Crippen LogP contribution in [0.15, 0.2) is 28.9 Å². The molecule has 0 aliphatic heterocycles. The molecule has 15 heavy (non-hydrogen) atoms. The van der Waals surface area contributed by atoms with Crippen molar-refractivity contribution in [2.45, 2.75) is 33.5 Å². The molecule has 0 bridgehead atoms. The Morgan fingerprint density at radius 2 is 2.13 bits per heavy atom. The number of benzene rings is 1. The van der Waals surface area contributed by atoms with Gasteiger partial charge in [0.05, 0.1) is 19.0 Å². The SMILES string of the molecule is Cc1ccc2c(COC(C)C)coc2c1. The zero-order chi connectivity index (χ0) is 10.8. The van der Waals surface area contributed by atoms with Gasteiger partial charge in [0.1, 0.15) is 5.58 Å². The summed E-state index contributed by atoms with van der Waals surface area (Å²) in [7, 11) is 0. The van der Waals surface area contributed by atoms with Crippen molar-refractivity contribution in [3.05, 3.63) is 35.6 Å². The molecule has 2 heteroatoms. The van der Waals surface area contributed by atoms with E-state index in [1.54, 1.807) is 6.26 Å². The number of aryl methyl sites for hydroxylation is 1. The van der Waals surface area contributed by atoms with Gasteiger partial charge in [-0.2, -0.15) is 0 Å². The van der Waals surface area contributed by atoms with E-state index in [0.717, 1.165) is 16.5 Å². The van der Waals surface area contributed by atoms with Crippen LogP contribution < -0.4 is 0 Å². The van der Waals surface area contributed by atoms with Crippen molar-refractivity contribution in [1.82, 2.24) is 0 Å². The summed E-state index contributed by atoms with van der Waals surface area (Å²) in [5.74, 6) is 0. The van der Waals surface area contributed by atoms with Crippen LogP contribution in [0, 0.1) is 6.92 Å². The van der Waals surface area contributed by atoms with Gasteiger partial charge >= 0.3 is 0 Å². The van der Waals surface area contributed by atoms with Crippen molar-refractivity contribution < 1.29 is 9.15 Å². The highest BCUT2D eigenvalue weighted by Crippen LogP contribution is 2.23. The minimum atomic E-state index is 0.250. The third-order valence-electron chi connectivity index (χ3n) is 2.38. The summed E-state index contributed by atoms with van der Waals surface area (Å²) in [6.07, 6.45) is 2.03. The molecule has 0 spiro atoms. The second-order valence-corrected chi connectivity index (χ2v) is 4.12. The third kappa shape index (κ3) is 2.21. The topological polar surface area (TPSA) is 22.4 Å². The molecule has 0 N–H and O–H groups in total. The van der Waals surface area contributed by atoms with Crippen LogP contribution in [0.3, 0.4) is 0 Å². The molecule has 80 valence electrons. The summed E-state index contributed by atoms with van der Waals surface area (Å²) < 4.78 is 11.0. The van der Waals surface area contributed by atoms with E-state index in [-0.39, 0.29) is 6.10 Å². The average molecular weight is 204 g/mol. The largest absolute Gasteiger partial charge is 0.464 e. The van der Waals surface area contributed by atoms with Crippen LogP contribution in [0.5, 0.6) is 0 Å². The fourth-order valence-electron chi connectivity index (χ4n) is 1.56. The Bertz CT molecular complexity index is 455. The van der Waals surface area contributed by atoms with E-state index in [0.29, 0.717) is 6.61 Å². The van der Waals surface area contributed by atoms with Crippen LogP contribution in [0.25, 0.3) is 11.0 Å². The molecule has 2 aromatic rings. The highest BCUT2D eigenvalue weighted by molar-refractivity contribution is 5.81. The van der Waals surface area contributed by atoms with E-state index >= 15 is 0 Å². The first-order chi connectivity index (χ1) is 7.16. The molecule has 1 heterocycles. The lowest BCUT2D eigenvalue weighted by atomic mass is 10.1. The van der Waals surface area contributed by atoms with Gasteiger partial charge in [0, 0.05) is 10.9 Å².